The van der Waals surface area contributed by atoms with E-state index in [1.807, 2.05) is 19.1 Å². The molecule has 3 aromatic carbocycles. The van der Waals surface area contributed by atoms with Gasteiger partial charge >= 0.3 is 5.97 Å². The Kier molecular flexibility index (Phi) is 7.60. The Bertz CT molecular complexity index is 1290. The summed E-state index contributed by atoms with van der Waals surface area (Å²) >= 11 is 0. The SMILES string of the molecule is Cc1ccc(NC(=O)C(OC(=O)c2cccc(S(=O)(=O)N3CCOCC3)c2)c2ccccc2)cc1. The molecule has 3 aromatic rings. The molecule has 1 amide bonds. The lowest BCUT2D eigenvalue weighted by Crippen LogP contribution is -2.40. The van der Waals surface area contributed by atoms with Gasteiger partial charge in [0.15, 0.2) is 0 Å². The van der Waals surface area contributed by atoms with Crippen LogP contribution in [0.4, 0.5) is 5.69 Å². The van der Waals surface area contributed by atoms with E-state index in [0.717, 1.165) is 5.56 Å². The Morgan fingerprint density at radius 1 is 0.943 bits per heavy atom. The maximum Gasteiger partial charge on any atom is 0.339 e. The van der Waals surface area contributed by atoms with Gasteiger partial charge in [0.2, 0.25) is 16.1 Å². The van der Waals surface area contributed by atoms with Gasteiger partial charge < -0.3 is 14.8 Å². The first-order valence-corrected chi connectivity index (χ1v) is 12.6. The van der Waals surface area contributed by atoms with E-state index in [2.05, 4.69) is 5.32 Å². The zero-order valence-corrected chi connectivity index (χ0v) is 20.0. The second kappa shape index (κ2) is 10.8. The van der Waals surface area contributed by atoms with Crippen molar-refractivity contribution < 1.29 is 27.5 Å². The fourth-order valence-corrected chi connectivity index (χ4v) is 5.09. The lowest BCUT2D eigenvalue weighted by Gasteiger charge is -2.26. The highest BCUT2D eigenvalue weighted by Gasteiger charge is 2.29. The van der Waals surface area contributed by atoms with E-state index < -0.39 is 28.0 Å². The summed E-state index contributed by atoms with van der Waals surface area (Å²) < 4.78 is 38.2. The second-order valence-electron chi connectivity index (χ2n) is 8.10. The maximum absolute atomic E-state index is 13.1. The molecule has 1 fully saturated rings. The predicted molar refractivity (Wildman–Crippen MR) is 130 cm³/mol. The molecule has 0 aromatic heterocycles. The molecule has 8 nitrogen and oxygen atoms in total. The highest BCUT2D eigenvalue weighted by molar-refractivity contribution is 7.89. The average molecular weight is 495 g/mol. The first kappa shape index (κ1) is 24.6. The monoisotopic (exact) mass is 494 g/mol. The van der Waals surface area contributed by atoms with Crippen LogP contribution in [0.5, 0.6) is 0 Å². The molecule has 0 saturated carbocycles. The molecule has 0 aliphatic carbocycles. The molecule has 1 atom stereocenters. The van der Waals surface area contributed by atoms with Crippen LogP contribution in [0.15, 0.2) is 83.8 Å². The number of rotatable bonds is 7. The topological polar surface area (TPSA) is 102 Å². The van der Waals surface area contributed by atoms with Crippen LogP contribution in [0.1, 0.15) is 27.6 Å². The number of aryl methyl sites for hydroxylation is 1. The molecule has 1 aliphatic heterocycles. The number of nitrogens with one attached hydrogen (secondary N) is 1. The van der Waals surface area contributed by atoms with E-state index in [1.54, 1.807) is 42.5 Å². The molecule has 9 heteroatoms. The molecule has 35 heavy (non-hydrogen) atoms. The zero-order chi connectivity index (χ0) is 24.8. The molecule has 1 aliphatic rings. The fraction of sp³-hybridized carbons (Fsp3) is 0.231. The number of nitrogens with zero attached hydrogens (tertiary/aromatic N) is 1. The van der Waals surface area contributed by atoms with Crippen molar-refractivity contribution in [1.82, 2.24) is 4.31 Å². The van der Waals surface area contributed by atoms with E-state index >= 15 is 0 Å². The number of carbonyl (C=O) groups is 2. The van der Waals surface area contributed by atoms with Gasteiger partial charge in [0.1, 0.15) is 0 Å². The van der Waals surface area contributed by atoms with Crippen LogP contribution in [-0.4, -0.2) is 50.9 Å². The zero-order valence-electron chi connectivity index (χ0n) is 19.2. The summed E-state index contributed by atoms with van der Waals surface area (Å²) in [7, 11) is -3.79. The van der Waals surface area contributed by atoms with Crippen LogP contribution in [0.2, 0.25) is 0 Å². The average Bonchev–Trinajstić information content (AvgIpc) is 2.89. The van der Waals surface area contributed by atoms with E-state index in [9.17, 15) is 18.0 Å². The first-order chi connectivity index (χ1) is 16.8. The van der Waals surface area contributed by atoms with Gasteiger partial charge in [-0.1, -0.05) is 54.1 Å². The van der Waals surface area contributed by atoms with Crippen LogP contribution in [-0.2, 0) is 24.3 Å². The van der Waals surface area contributed by atoms with Crippen molar-refractivity contribution in [2.75, 3.05) is 31.6 Å². The quantitative estimate of drug-likeness (QED) is 0.504. The van der Waals surface area contributed by atoms with Gasteiger partial charge in [-0.3, -0.25) is 4.79 Å². The molecule has 1 N–H and O–H groups in total. The van der Waals surface area contributed by atoms with Gasteiger partial charge in [-0.2, -0.15) is 4.31 Å². The first-order valence-electron chi connectivity index (χ1n) is 11.2. The van der Waals surface area contributed by atoms with Crippen LogP contribution in [0.3, 0.4) is 0 Å². The molecule has 0 spiro atoms. The van der Waals surface area contributed by atoms with Crippen LogP contribution < -0.4 is 5.32 Å². The van der Waals surface area contributed by atoms with Crippen LogP contribution in [0, 0.1) is 6.92 Å². The number of benzene rings is 3. The van der Waals surface area contributed by atoms with E-state index in [-0.39, 0.29) is 23.5 Å². The standard InChI is InChI=1S/C26H26N2O6S/c1-19-10-12-22(13-11-19)27-25(29)24(20-6-3-2-4-7-20)34-26(30)21-8-5-9-23(18-21)35(31,32)28-14-16-33-17-15-28/h2-13,18,24H,14-17H2,1H3,(H,27,29). The predicted octanol–water partition coefficient (Wildman–Crippen LogP) is 3.55. The molecule has 1 unspecified atom stereocenters. The molecule has 0 radical (unpaired) electrons. The number of esters is 1. The number of morpholine rings is 1. The van der Waals surface area contributed by atoms with Crippen LogP contribution >= 0.6 is 0 Å². The van der Waals surface area contributed by atoms with Crippen molar-refractivity contribution in [2.24, 2.45) is 0 Å². The van der Waals surface area contributed by atoms with Crippen LogP contribution in [0.25, 0.3) is 0 Å². The number of ether oxygens (including phenoxy) is 2. The summed E-state index contributed by atoms with van der Waals surface area (Å²) in [6, 6.07) is 21.5. The Hall–Kier alpha value is -3.53. The van der Waals surface area contributed by atoms with Crippen molar-refractivity contribution in [3.05, 3.63) is 95.6 Å². The largest absolute Gasteiger partial charge is 0.444 e. The summed E-state index contributed by atoms with van der Waals surface area (Å²) in [4.78, 5) is 26.1. The Morgan fingerprint density at radius 2 is 1.63 bits per heavy atom. The van der Waals surface area contributed by atoms with Gasteiger partial charge in [0.05, 0.1) is 23.7 Å². The minimum Gasteiger partial charge on any atom is -0.444 e. The Labute approximate surface area is 204 Å². The molecular formula is C26H26N2O6S. The maximum atomic E-state index is 13.1. The van der Waals surface area contributed by atoms with Crippen molar-refractivity contribution in [1.29, 1.82) is 0 Å². The molecule has 0 bridgehead atoms. The van der Waals surface area contributed by atoms with Crippen molar-refractivity contribution in [3.8, 4) is 0 Å². The number of hydrogen-bond acceptors (Lipinski definition) is 6. The summed E-state index contributed by atoms with van der Waals surface area (Å²) in [6.45, 7) is 3.05. The van der Waals surface area contributed by atoms with Crippen molar-refractivity contribution in [2.45, 2.75) is 17.9 Å². The van der Waals surface area contributed by atoms with E-state index in [0.29, 0.717) is 24.5 Å². The van der Waals surface area contributed by atoms with Crippen molar-refractivity contribution in [3.63, 3.8) is 0 Å². The number of carbonyl (C=O) groups excluding carboxylic acids is 2. The summed E-state index contributed by atoms with van der Waals surface area (Å²) in [5.41, 5.74) is 2.13. The normalized spacial score (nSPS) is 15.2. The third kappa shape index (κ3) is 5.94. The lowest BCUT2D eigenvalue weighted by atomic mass is 10.1. The highest BCUT2D eigenvalue weighted by atomic mass is 32.2. The highest BCUT2D eigenvalue weighted by Crippen LogP contribution is 2.24. The summed E-state index contributed by atoms with van der Waals surface area (Å²) in [5, 5.41) is 2.77. The number of anilines is 1. The fourth-order valence-electron chi connectivity index (χ4n) is 3.64. The van der Waals surface area contributed by atoms with Gasteiger partial charge in [-0.05, 0) is 37.3 Å². The smallest absolute Gasteiger partial charge is 0.339 e. The molecule has 1 heterocycles. The lowest BCUT2D eigenvalue weighted by molar-refractivity contribution is -0.125. The summed E-state index contributed by atoms with van der Waals surface area (Å²) in [6.07, 6.45) is -1.23. The third-order valence-corrected chi connectivity index (χ3v) is 7.46. The second-order valence-corrected chi connectivity index (χ2v) is 10.0. The van der Waals surface area contributed by atoms with Gasteiger partial charge in [-0.15, -0.1) is 0 Å². The number of sulfonamides is 1. The van der Waals surface area contributed by atoms with Gasteiger partial charge in [0, 0.05) is 24.3 Å². The number of hydrogen-bond donors (Lipinski definition) is 1. The molecule has 1 saturated heterocycles. The van der Waals surface area contributed by atoms with E-state index in [4.69, 9.17) is 9.47 Å². The number of amides is 1. The minimum atomic E-state index is -3.79. The van der Waals surface area contributed by atoms with Gasteiger partial charge in [-0.25, -0.2) is 13.2 Å². The summed E-state index contributed by atoms with van der Waals surface area (Å²) in [5.74, 6) is -1.33. The molecule has 182 valence electrons. The third-order valence-electron chi connectivity index (χ3n) is 5.56. The van der Waals surface area contributed by atoms with Crippen molar-refractivity contribution >= 4 is 27.6 Å². The Balaban J connectivity index is 1.56. The van der Waals surface area contributed by atoms with Gasteiger partial charge in [0.25, 0.3) is 5.91 Å². The molecule has 4 rings (SSSR count). The molecular weight excluding hydrogens is 468 g/mol. The van der Waals surface area contributed by atoms with E-state index in [1.165, 1.54) is 28.6 Å². The Morgan fingerprint density at radius 3 is 2.31 bits per heavy atom. The minimum absolute atomic E-state index is 0.0192.